The first-order valence-corrected chi connectivity index (χ1v) is 5.71. The first-order valence-electron chi connectivity index (χ1n) is 5.71. The van der Waals surface area contributed by atoms with Crippen LogP contribution in [0.25, 0.3) is 0 Å². The summed E-state index contributed by atoms with van der Waals surface area (Å²) in [7, 11) is 0. The molecule has 10 heteroatoms. The molecule has 1 unspecified atom stereocenters. The SMILES string of the molecule is CCC1C(=O)NCCN1C(=O)C(C(F)(F)F)C(F)(F)F. The fourth-order valence-electron chi connectivity index (χ4n) is 2.02. The van der Waals surface area contributed by atoms with Gasteiger partial charge in [-0.15, -0.1) is 0 Å². The molecule has 116 valence electrons. The highest BCUT2D eigenvalue weighted by Crippen LogP contribution is 2.40. The van der Waals surface area contributed by atoms with E-state index in [0.717, 1.165) is 0 Å². The maximum atomic E-state index is 12.5. The fraction of sp³-hybridized carbons (Fsp3) is 0.800. The molecule has 0 aliphatic carbocycles. The molecule has 4 nitrogen and oxygen atoms in total. The van der Waals surface area contributed by atoms with E-state index in [1.54, 1.807) is 0 Å². The van der Waals surface area contributed by atoms with Gasteiger partial charge in [-0.05, 0) is 6.42 Å². The molecule has 2 amide bonds. The second-order valence-electron chi connectivity index (χ2n) is 4.26. The van der Waals surface area contributed by atoms with E-state index in [-0.39, 0.29) is 19.5 Å². The van der Waals surface area contributed by atoms with Crippen molar-refractivity contribution in [2.24, 2.45) is 5.92 Å². The van der Waals surface area contributed by atoms with Gasteiger partial charge in [-0.25, -0.2) is 0 Å². The Bertz CT molecular complexity index is 378. The van der Waals surface area contributed by atoms with Crippen LogP contribution in [-0.4, -0.2) is 48.2 Å². The van der Waals surface area contributed by atoms with Crippen LogP contribution in [0.1, 0.15) is 13.3 Å². The predicted molar refractivity (Wildman–Crippen MR) is 54.4 cm³/mol. The second kappa shape index (κ2) is 5.49. The summed E-state index contributed by atoms with van der Waals surface area (Å²) in [4.78, 5) is 23.4. The largest absolute Gasteiger partial charge is 0.409 e. The molecule has 0 spiro atoms. The lowest BCUT2D eigenvalue weighted by Gasteiger charge is -2.37. The van der Waals surface area contributed by atoms with Crippen LogP contribution >= 0.6 is 0 Å². The molecule has 0 radical (unpaired) electrons. The molecule has 1 aliphatic heterocycles. The van der Waals surface area contributed by atoms with Gasteiger partial charge in [-0.2, -0.15) is 26.3 Å². The summed E-state index contributed by atoms with van der Waals surface area (Å²) in [6.45, 7) is 0.835. The van der Waals surface area contributed by atoms with E-state index in [9.17, 15) is 35.9 Å². The van der Waals surface area contributed by atoms with Gasteiger partial charge in [-0.3, -0.25) is 9.59 Å². The van der Waals surface area contributed by atoms with E-state index in [2.05, 4.69) is 5.32 Å². The van der Waals surface area contributed by atoms with Crippen LogP contribution < -0.4 is 5.32 Å². The number of hydrogen-bond donors (Lipinski definition) is 1. The van der Waals surface area contributed by atoms with E-state index in [4.69, 9.17) is 0 Å². The highest BCUT2D eigenvalue weighted by Gasteiger charge is 2.62. The lowest BCUT2D eigenvalue weighted by molar-refractivity contribution is -0.278. The molecule has 1 N–H and O–H groups in total. The molecule has 0 aromatic heterocycles. The topological polar surface area (TPSA) is 49.4 Å². The third-order valence-corrected chi connectivity index (χ3v) is 2.90. The fourth-order valence-corrected chi connectivity index (χ4v) is 2.02. The number of alkyl halides is 6. The quantitative estimate of drug-likeness (QED) is 0.785. The number of nitrogens with zero attached hydrogens (tertiary/aromatic N) is 1. The summed E-state index contributed by atoms with van der Waals surface area (Å²) in [6, 6.07) is -1.32. The van der Waals surface area contributed by atoms with Crippen molar-refractivity contribution >= 4 is 11.8 Å². The van der Waals surface area contributed by atoms with Crippen LogP contribution in [0.2, 0.25) is 0 Å². The highest BCUT2D eigenvalue weighted by molar-refractivity contribution is 5.90. The van der Waals surface area contributed by atoms with Crippen molar-refractivity contribution in [3.8, 4) is 0 Å². The third kappa shape index (κ3) is 3.34. The van der Waals surface area contributed by atoms with Gasteiger partial charge >= 0.3 is 12.4 Å². The Morgan fingerprint density at radius 3 is 2.20 bits per heavy atom. The lowest BCUT2D eigenvalue weighted by atomic mass is 10.0. The molecule has 0 saturated carbocycles. The number of nitrogens with one attached hydrogen (secondary N) is 1. The predicted octanol–water partition coefficient (Wildman–Crippen LogP) is 1.46. The second-order valence-corrected chi connectivity index (χ2v) is 4.26. The van der Waals surface area contributed by atoms with E-state index in [1.807, 2.05) is 0 Å². The zero-order valence-corrected chi connectivity index (χ0v) is 10.3. The Morgan fingerprint density at radius 1 is 1.30 bits per heavy atom. The minimum absolute atomic E-state index is 0.0694. The Kier molecular flexibility index (Phi) is 4.55. The lowest BCUT2D eigenvalue weighted by Crippen LogP contribution is -2.61. The van der Waals surface area contributed by atoms with Crippen molar-refractivity contribution < 1.29 is 35.9 Å². The van der Waals surface area contributed by atoms with Crippen molar-refractivity contribution in [3.63, 3.8) is 0 Å². The highest BCUT2D eigenvalue weighted by atomic mass is 19.4. The standard InChI is InChI=1S/C10H12F6N2O2/c1-2-5-7(19)17-3-4-18(5)8(20)6(9(11,12)13)10(14,15)16/h5-6H,2-4H2,1H3,(H,17,19). The van der Waals surface area contributed by atoms with Gasteiger partial charge < -0.3 is 10.2 Å². The molecule has 1 fully saturated rings. The maximum absolute atomic E-state index is 12.5. The van der Waals surface area contributed by atoms with Gasteiger partial charge in [0.05, 0.1) is 0 Å². The molecule has 1 rings (SSSR count). The van der Waals surface area contributed by atoms with E-state index < -0.39 is 36.1 Å². The van der Waals surface area contributed by atoms with Gasteiger partial charge in [0.25, 0.3) is 0 Å². The summed E-state index contributed by atoms with van der Waals surface area (Å²) >= 11 is 0. The van der Waals surface area contributed by atoms with Crippen LogP contribution in [0, 0.1) is 5.92 Å². The van der Waals surface area contributed by atoms with Crippen molar-refractivity contribution in [1.82, 2.24) is 10.2 Å². The number of amides is 2. The average Bonchev–Trinajstić information content (AvgIpc) is 2.24. The molecule has 0 aromatic carbocycles. The molecule has 1 atom stereocenters. The molecular weight excluding hydrogens is 294 g/mol. The van der Waals surface area contributed by atoms with Gasteiger partial charge in [0.2, 0.25) is 17.7 Å². The van der Waals surface area contributed by atoms with Crippen molar-refractivity contribution in [1.29, 1.82) is 0 Å². The summed E-state index contributed by atoms with van der Waals surface area (Å²) in [5.41, 5.74) is 0. The monoisotopic (exact) mass is 306 g/mol. The average molecular weight is 306 g/mol. The molecule has 1 saturated heterocycles. The van der Waals surface area contributed by atoms with Gasteiger partial charge in [0.15, 0.2) is 0 Å². The number of hydrogen-bond acceptors (Lipinski definition) is 2. The van der Waals surface area contributed by atoms with Crippen molar-refractivity contribution in [2.45, 2.75) is 31.7 Å². The Labute approximate surface area is 110 Å². The van der Waals surface area contributed by atoms with Crippen molar-refractivity contribution in [2.75, 3.05) is 13.1 Å². The van der Waals surface area contributed by atoms with Crippen LogP contribution in [0.5, 0.6) is 0 Å². The third-order valence-electron chi connectivity index (χ3n) is 2.90. The summed E-state index contributed by atoms with van der Waals surface area (Å²) in [6.07, 6.45) is -11.6. The number of rotatable bonds is 2. The van der Waals surface area contributed by atoms with Crippen LogP contribution in [0.15, 0.2) is 0 Å². The summed E-state index contributed by atoms with van der Waals surface area (Å²) < 4.78 is 74.9. The minimum Gasteiger partial charge on any atom is -0.353 e. The van der Waals surface area contributed by atoms with E-state index in [1.165, 1.54) is 6.92 Å². The van der Waals surface area contributed by atoms with Gasteiger partial charge in [0, 0.05) is 13.1 Å². The van der Waals surface area contributed by atoms with Crippen LogP contribution in [0.4, 0.5) is 26.3 Å². The van der Waals surface area contributed by atoms with Crippen molar-refractivity contribution in [3.05, 3.63) is 0 Å². The molecular formula is C10H12F6N2O2. The molecule has 0 bridgehead atoms. The minimum atomic E-state index is -5.75. The zero-order valence-electron chi connectivity index (χ0n) is 10.3. The van der Waals surface area contributed by atoms with E-state index >= 15 is 0 Å². The Morgan fingerprint density at radius 2 is 1.80 bits per heavy atom. The van der Waals surface area contributed by atoms with E-state index in [0.29, 0.717) is 4.90 Å². The van der Waals surface area contributed by atoms with Gasteiger partial charge in [-0.1, -0.05) is 6.92 Å². The van der Waals surface area contributed by atoms with Crippen LogP contribution in [-0.2, 0) is 9.59 Å². The number of carbonyl (C=O) groups excluding carboxylic acids is 2. The van der Waals surface area contributed by atoms with Gasteiger partial charge in [0.1, 0.15) is 6.04 Å². The summed E-state index contributed by atoms with van der Waals surface area (Å²) in [5, 5.41) is 2.29. The molecule has 20 heavy (non-hydrogen) atoms. The smallest absolute Gasteiger partial charge is 0.353 e. The number of piperazine rings is 1. The number of halogens is 6. The Balaban J connectivity index is 3.09. The molecule has 1 aliphatic rings. The first-order chi connectivity index (χ1) is 9.00. The first kappa shape index (κ1) is 16.6. The number of carbonyl (C=O) groups is 2. The molecule has 1 heterocycles. The summed E-state index contributed by atoms with van der Waals surface area (Å²) in [5.74, 6) is -6.99. The zero-order chi connectivity index (χ0) is 15.7. The Hall–Kier alpha value is -1.48. The van der Waals surface area contributed by atoms with Crippen LogP contribution in [0.3, 0.4) is 0 Å². The molecule has 0 aromatic rings. The maximum Gasteiger partial charge on any atom is 0.409 e. The normalized spacial score (nSPS) is 21.1.